The highest BCUT2D eigenvalue weighted by Crippen LogP contribution is 2.27. The number of hydrogen-bond acceptors (Lipinski definition) is 5. The fraction of sp³-hybridized carbons (Fsp3) is 0.100. The lowest BCUT2D eigenvalue weighted by Crippen LogP contribution is -2.03. The van der Waals surface area contributed by atoms with Gasteiger partial charge in [0.1, 0.15) is 11.4 Å². The number of ketones is 1. The van der Waals surface area contributed by atoms with Crippen molar-refractivity contribution in [2.75, 3.05) is 5.75 Å². The predicted octanol–water partition coefficient (Wildman–Crippen LogP) is 4.75. The number of Topliss-reactive ketones (excluding diaryl/α,β-unsaturated/α-hetero) is 1. The van der Waals surface area contributed by atoms with Gasteiger partial charge in [0, 0.05) is 5.56 Å². The number of carbonyl (C=O) groups excluding carboxylic acids is 1. The summed E-state index contributed by atoms with van der Waals surface area (Å²) in [5.41, 5.74) is 3.34. The van der Waals surface area contributed by atoms with Crippen LogP contribution in [0.15, 0.2) is 66.1 Å². The molecule has 0 aliphatic rings. The first-order valence-electron chi connectivity index (χ1n) is 8.30. The molecule has 0 saturated carbocycles. The summed E-state index contributed by atoms with van der Waals surface area (Å²) in [5.74, 6) is 0.203. The molecule has 0 radical (unpaired) electrons. The second-order valence-electron chi connectivity index (χ2n) is 6.00. The van der Waals surface area contributed by atoms with Crippen LogP contribution < -0.4 is 0 Å². The molecule has 7 heteroatoms. The lowest BCUT2D eigenvalue weighted by molar-refractivity contribution is 0.102. The van der Waals surface area contributed by atoms with Crippen molar-refractivity contribution in [3.05, 3.63) is 77.2 Å². The minimum Gasteiger partial charge on any atom is -0.293 e. The summed E-state index contributed by atoms with van der Waals surface area (Å²) in [6, 6.07) is 15.1. The quantitative estimate of drug-likeness (QED) is 0.277. The van der Waals surface area contributed by atoms with E-state index in [2.05, 4.69) is 15.1 Å². The van der Waals surface area contributed by atoms with Crippen LogP contribution in [-0.2, 0) is 0 Å². The van der Waals surface area contributed by atoms with Crippen molar-refractivity contribution in [1.29, 1.82) is 0 Å². The van der Waals surface area contributed by atoms with Gasteiger partial charge in [0.2, 0.25) is 0 Å². The van der Waals surface area contributed by atoms with Crippen LogP contribution in [0.4, 0.5) is 0 Å². The molecule has 0 spiro atoms. The summed E-state index contributed by atoms with van der Waals surface area (Å²) in [7, 11) is 0. The smallest absolute Gasteiger partial charge is 0.174 e. The molecule has 0 bridgehead atoms. The topological polar surface area (TPSA) is 60.7 Å². The van der Waals surface area contributed by atoms with Gasteiger partial charge in [-0.05, 0) is 31.2 Å². The highest BCUT2D eigenvalue weighted by atomic mass is 35.5. The molecule has 4 rings (SSSR count). The van der Waals surface area contributed by atoms with Crippen LogP contribution >= 0.6 is 23.4 Å². The summed E-state index contributed by atoms with van der Waals surface area (Å²) in [6.07, 6.45) is 3.23. The first-order chi connectivity index (χ1) is 13.1. The maximum absolute atomic E-state index is 12.5. The number of aromatic nitrogens is 4. The van der Waals surface area contributed by atoms with Crippen molar-refractivity contribution in [3.8, 4) is 5.69 Å². The summed E-state index contributed by atoms with van der Waals surface area (Å²) in [6.45, 7) is 2.04. The number of halogens is 1. The Kier molecular flexibility index (Phi) is 4.92. The van der Waals surface area contributed by atoms with E-state index in [9.17, 15) is 4.79 Å². The number of nitrogens with zero attached hydrogens (tertiary/aromatic N) is 4. The molecule has 0 saturated heterocycles. The van der Waals surface area contributed by atoms with Crippen LogP contribution in [0.25, 0.3) is 16.7 Å². The third-order valence-electron chi connectivity index (χ3n) is 4.12. The van der Waals surface area contributed by atoms with E-state index in [-0.39, 0.29) is 11.5 Å². The molecule has 2 aromatic carbocycles. The van der Waals surface area contributed by atoms with Gasteiger partial charge in [-0.15, -0.1) is 0 Å². The molecule has 0 aliphatic heterocycles. The zero-order valence-electron chi connectivity index (χ0n) is 14.5. The van der Waals surface area contributed by atoms with Gasteiger partial charge < -0.3 is 0 Å². The lowest BCUT2D eigenvalue weighted by Gasteiger charge is -2.05. The minimum absolute atomic E-state index is 0.0386. The average molecular weight is 395 g/mol. The SMILES string of the molecule is Cc1ccc(-n2ncc3c(SCC(=O)c4ccccc4Cl)ncnc32)cc1. The minimum atomic E-state index is -0.0386. The molecule has 0 N–H and O–H groups in total. The first-order valence-corrected chi connectivity index (χ1v) is 9.66. The average Bonchev–Trinajstić information content (AvgIpc) is 3.12. The van der Waals surface area contributed by atoms with E-state index in [1.165, 1.54) is 23.7 Å². The Bertz CT molecular complexity index is 1120. The van der Waals surface area contributed by atoms with Gasteiger partial charge in [-0.25, -0.2) is 14.6 Å². The molecule has 0 fully saturated rings. The van der Waals surface area contributed by atoms with Crippen LogP contribution in [0.2, 0.25) is 5.02 Å². The summed E-state index contributed by atoms with van der Waals surface area (Å²) < 4.78 is 1.77. The fourth-order valence-corrected chi connectivity index (χ4v) is 3.80. The zero-order chi connectivity index (χ0) is 18.8. The largest absolute Gasteiger partial charge is 0.293 e. The van der Waals surface area contributed by atoms with Gasteiger partial charge in [0.25, 0.3) is 0 Å². The van der Waals surface area contributed by atoms with Crippen LogP contribution in [0.3, 0.4) is 0 Å². The normalized spacial score (nSPS) is 11.0. The molecule has 2 heterocycles. The second kappa shape index (κ2) is 7.50. The fourth-order valence-electron chi connectivity index (χ4n) is 2.71. The van der Waals surface area contributed by atoms with Crippen molar-refractivity contribution in [2.45, 2.75) is 11.9 Å². The van der Waals surface area contributed by atoms with E-state index in [1.54, 1.807) is 35.1 Å². The maximum Gasteiger partial charge on any atom is 0.174 e. The lowest BCUT2D eigenvalue weighted by atomic mass is 10.1. The molecule has 2 aromatic heterocycles. The number of aryl methyl sites for hydroxylation is 1. The van der Waals surface area contributed by atoms with Crippen molar-refractivity contribution >= 4 is 40.2 Å². The van der Waals surface area contributed by atoms with E-state index in [1.807, 2.05) is 31.2 Å². The Balaban J connectivity index is 1.61. The Hall–Kier alpha value is -2.70. The maximum atomic E-state index is 12.5. The van der Waals surface area contributed by atoms with Crippen LogP contribution in [0.5, 0.6) is 0 Å². The molecule has 0 atom stereocenters. The Labute approximate surface area is 165 Å². The summed E-state index contributed by atoms with van der Waals surface area (Å²) in [5, 5.41) is 6.45. The molecule has 0 amide bonds. The number of benzene rings is 2. The Morgan fingerprint density at radius 1 is 1.11 bits per heavy atom. The van der Waals surface area contributed by atoms with Crippen molar-refractivity contribution in [2.24, 2.45) is 0 Å². The highest BCUT2D eigenvalue weighted by Gasteiger charge is 2.15. The number of thioether (sulfide) groups is 1. The zero-order valence-corrected chi connectivity index (χ0v) is 16.0. The molecule has 27 heavy (non-hydrogen) atoms. The van der Waals surface area contributed by atoms with Crippen molar-refractivity contribution in [3.63, 3.8) is 0 Å². The predicted molar refractivity (Wildman–Crippen MR) is 108 cm³/mol. The van der Waals surface area contributed by atoms with E-state index in [4.69, 9.17) is 11.6 Å². The highest BCUT2D eigenvalue weighted by molar-refractivity contribution is 8.00. The third-order valence-corrected chi connectivity index (χ3v) is 5.46. The van der Waals surface area contributed by atoms with Gasteiger partial charge in [-0.2, -0.15) is 5.10 Å². The Morgan fingerprint density at radius 2 is 1.89 bits per heavy atom. The van der Waals surface area contributed by atoms with E-state index < -0.39 is 0 Å². The molecule has 5 nitrogen and oxygen atoms in total. The van der Waals surface area contributed by atoms with Gasteiger partial charge in [0.05, 0.1) is 28.0 Å². The van der Waals surface area contributed by atoms with Gasteiger partial charge in [0.15, 0.2) is 11.4 Å². The third kappa shape index (κ3) is 3.59. The van der Waals surface area contributed by atoms with Crippen molar-refractivity contribution in [1.82, 2.24) is 19.7 Å². The van der Waals surface area contributed by atoms with Crippen molar-refractivity contribution < 1.29 is 4.79 Å². The van der Waals surface area contributed by atoms with Crippen LogP contribution in [-0.4, -0.2) is 31.3 Å². The number of carbonyl (C=O) groups is 1. The van der Waals surface area contributed by atoms with Gasteiger partial charge in [-0.3, -0.25) is 4.79 Å². The first kappa shape index (κ1) is 17.7. The monoisotopic (exact) mass is 394 g/mol. The standard InChI is InChI=1S/C20H15ClN4OS/c1-13-6-8-14(9-7-13)25-19-16(10-24-25)20(23-12-22-19)27-11-18(26)15-4-2-3-5-17(15)21/h2-10,12H,11H2,1H3. The second-order valence-corrected chi connectivity index (χ2v) is 7.37. The molecular weight excluding hydrogens is 380 g/mol. The summed E-state index contributed by atoms with van der Waals surface area (Å²) >= 11 is 7.47. The van der Waals surface area contributed by atoms with Gasteiger partial charge in [-0.1, -0.05) is 53.2 Å². The molecule has 134 valence electrons. The molecule has 0 unspecified atom stereocenters. The number of hydrogen-bond donors (Lipinski definition) is 0. The summed E-state index contributed by atoms with van der Waals surface area (Å²) in [4.78, 5) is 21.2. The molecular formula is C20H15ClN4OS. The van der Waals surface area contributed by atoms with E-state index in [0.717, 1.165) is 16.1 Å². The van der Waals surface area contributed by atoms with E-state index in [0.29, 0.717) is 16.2 Å². The van der Waals surface area contributed by atoms with Crippen LogP contribution in [0.1, 0.15) is 15.9 Å². The van der Waals surface area contributed by atoms with Crippen LogP contribution in [0, 0.1) is 6.92 Å². The molecule has 4 aromatic rings. The number of rotatable bonds is 5. The van der Waals surface area contributed by atoms with Gasteiger partial charge >= 0.3 is 0 Å². The number of fused-ring (bicyclic) bond motifs is 1. The van der Waals surface area contributed by atoms with E-state index >= 15 is 0 Å². The molecule has 0 aliphatic carbocycles. The Morgan fingerprint density at radius 3 is 2.67 bits per heavy atom.